The minimum absolute atomic E-state index is 0.214. The second-order valence-electron chi connectivity index (χ2n) is 4.85. The van der Waals surface area contributed by atoms with Crippen LogP contribution < -0.4 is 0 Å². The second-order valence-corrected chi connectivity index (χ2v) is 6.99. The number of fused-ring (bicyclic) bond motifs is 1. The molecule has 2 saturated carbocycles. The van der Waals surface area contributed by atoms with E-state index in [1.54, 1.807) is 11.3 Å². The molecule has 0 spiro atoms. The largest absolute Gasteiger partial charge is 0.387 e. The summed E-state index contributed by atoms with van der Waals surface area (Å²) in [5.41, 5.74) is 0. The van der Waals surface area contributed by atoms with Crippen molar-refractivity contribution >= 4 is 27.3 Å². The number of aliphatic hydroxyl groups excluding tert-OH is 1. The first kappa shape index (κ1) is 10.3. The van der Waals surface area contributed by atoms with E-state index >= 15 is 0 Å². The van der Waals surface area contributed by atoms with Crippen LogP contribution in [0.5, 0.6) is 0 Å². The average molecular weight is 287 g/mol. The molecule has 1 nitrogen and oxygen atoms in total. The van der Waals surface area contributed by atoms with Crippen LogP contribution in [0, 0.1) is 24.7 Å². The van der Waals surface area contributed by atoms with Crippen LogP contribution in [0.15, 0.2) is 10.5 Å². The molecule has 3 rings (SSSR count). The normalized spacial score (nSPS) is 35.3. The molecule has 3 atom stereocenters. The Bertz CT molecular complexity index is 377. The van der Waals surface area contributed by atoms with Crippen LogP contribution in [0.2, 0.25) is 0 Å². The predicted molar refractivity (Wildman–Crippen MR) is 66.0 cm³/mol. The Kier molecular flexibility index (Phi) is 2.45. The highest BCUT2D eigenvalue weighted by atomic mass is 79.9. The number of hydrogen-bond acceptors (Lipinski definition) is 2. The van der Waals surface area contributed by atoms with Gasteiger partial charge in [0.1, 0.15) is 0 Å². The molecule has 0 aromatic carbocycles. The van der Waals surface area contributed by atoms with Crippen molar-refractivity contribution < 1.29 is 5.11 Å². The molecule has 2 fully saturated rings. The van der Waals surface area contributed by atoms with Crippen LogP contribution in [0.25, 0.3) is 0 Å². The highest BCUT2D eigenvalue weighted by Gasteiger charge is 2.56. The first-order valence-corrected chi connectivity index (χ1v) is 7.23. The predicted octanol–water partition coefficient (Wildman–Crippen LogP) is 3.90. The van der Waals surface area contributed by atoms with Gasteiger partial charge in [-0.2, -0.15) is 0 Å². The zero-order chi connectivity index (χ0) is 10.6. The number of aryl methyl sites for hydroxylation is 1. The maximum absolute atomic E-state index is 10.3. The molecule has 82 valence electrons. The van der Waals surface area contributed by atoms with Crippen LogP contribution in [-0.2, 0) is 0 Å². The Morgan fingerprint density at radius 3 is 2.67 bits per heavy atom. The average Bonchev–Trinajstić information content (AvgIpc) is 2.58. The molecule has 2 aliphatic rings. The molecule has 0 radical (unpaired) electrons. The van der Waals surface area contributed by atoms with Gasteiger partial charge in [-0.25, -0.2) is 0 Å². The van der Waals surface area contributed by atoms with Crippen LogP contribution in [0.4, 0.5) is 0 Å². The monoisotopic (exact) mass is 286 g/mol. The molecule has 0 saturated heterocycles. The molecule has 3 unspecified atom stereocenters. The van der Waals surface area contributed by atoms with E-state index < -0.39 is 0 Å². The van der Waals surface area contributed by atoms with Crippen molar-refractivity contribution in [1.82, 2.24) is 0 Å². The Morgan fingerprint density at radius 1 is 1.47 bits per heavy atom. The van der Waals surface area contributed by atoms with Gasteiger partial charge in [-0.3, -0.25) is 0 Å². The second kappa shape index (κ2) is 3.57. The van der Waals surface area contributed by atoms with E-state index in [1.807, 2.05) is 0 Å². The summed E-state index contributed by atoms with van der Waals surface area (Å²) in [5, 5.41) is 10.3. The molecular formula is C12H15BrOS. The third kappa shape index (κ3) is 1.60. The lowest BCUT2D eigenvalue weighted by Gasteiger charge is -2.11. The molecule has 3 heteroatoms. The molecule has 1 N–H and O–H groups in total. The van der Waals surface area contributed by atoms with Gasteiger partial charge >= 0.3 is 0 Å². The molecule has 0 bridgehead atoms. The van der Waals surface area contributed by atoms with Crippen LogP contribution in [0.3, 0.4) is 0 Å². The summed E-state index contributed by atoms with van der Waals surface area (Å²) in [4.78, 5) is 2.42. The fraction of sp³-hybridized carbons (Fsp3) is 0.667. The third-order valence-electron chi connectivity index (χ3n) is 3.94. The number of aliphatic hydroxyl groups is 1. The molecule has 0 amide bonds. The third-order valence-corrected chi connectivity index (χ3v) is 5.98. The van der Waals surface area contributed by atoms with E-state index in [0.29, 0.717) is 5.92 Å². The van der Waals surface area contributed by atoms with Crippen molar-refractivity contribution in [2.45, 2.75) is 32.3 Å². The quantitative estimate of drug-likeness (QED) is 0.874. The topological polar surface area (TPSA) is 20.2 Å². The van der Waals surface area contributed by atoms with Gasteiger partial charge in [0.2, 0.25) is 0 Å². The van der Waals surface area contributed by atoms with Gasteiger partial charge in [0, 0.05) is 14.2 Å². The minimum atomic E-state index is -0.214. The minimum Gasteiger partial charge on any atom is -0.387 e. The summed E-state index contributed by atoms with van der Waals surface area (Å²) in [7, 11) is 0. The molecule has 1 heterocycles. The molecule has 15 heavy (non-hydrogen) atoms. The van der Waals surface area contributed by atoms with Gasteiger partial charge in [0.25, 0.3) is 0 Å². The van der Waals surface area contributed by atoms with Gasteiger partial charge in [-0.05, 0) is 59.5 Å². The van der Waals surface area contributed by atoms with E-state index in [2.05, 4.69) is 28.9 Å². The lowest BCUT2D eigenvalue weighted by Crippen LogP contribution is -2.02. The molecule has 1 aromatic rings. The zero-order valence-corrected chi connectivity index (χ0v) is 11.1. The van der Waals surface area contributed by atoms with Gasteiger partial charge in [0.15, 0.2) is 0 Å². The fourth-order valence-electron chi connectivity index (χ4n) is 3.22. The highest BCUT2D eigenvalue weighted by molar-refractivity contribution is 9.10. The summed E-state index contributed by atoms with van der Waals surface area (Å²) in [6, 6.07) is 2.11. The summed E-state index contributed by atoms with van der Waals surface area (Å²) in [6.45, 7) is 2.10. The number of thiophene rings is 1. The summed E-state index contributed by atoms with van der Waals surface area (Å²) in [5.74, 6) is 2.22. The van der Waals surface area contributed by atoms with Crippen molar-refractivity contribution in [3.05, 3.63) is 20.3 Å². The van der Waals surface area contributed by atoms with Crippen LogP contribution in [-0.4, -0.2) is 5.11 Å². The fourth-order valence-corrected chi connectivity index (χ4v) is 5.15. The van der Waals surface area contributed by atoms with Gasteiger partial charge in [-0.15, -0.1) is 11.3 Å². The first-order chi connectivity index (χ1) is 7.18. The van der Waals surface area contributed by atoms with E-state index in [1.165, 1.54) is 24.1 Å². The van der Waals surface area contributed by atoms with Gasteiger partial charge in [0.05, 0.1) is 6.10 Å². The van der Waals surface area contributed by atoms with Crippen LogP contribution in [0.1, 0.15) is 35.1 Å². The van der Waals surface area contributed by atoms with Crippen molar-refractivity contribution in [2.75, 3.05) is 0 Å². The smallest absolute Gasteiger partial charge is 0.0926 e. The lowest BCUT2D eigenvalue weighted by molar-refractivity contribution is 0.140. The van der Waals surface area contributed by atoms with E-state index in [0.717, 1.165) is 21.2 Å². The number of halogens is 1. The maximum Gasteiger partial charge on any atom is 0.0926 e. The van der Waals surface area contributed by atoms with Crippen molar-refractivity contribution in [1.29, 1.82) is 0 Å². The molecule has 0 aliphatic heterocycles. The van der Waals surface area contributed by atoms with Crippen molar-refractivity contribution in [3.8, 4) is 0 Å². The van der Waals surface area contributed by atoms with Gasteiger partial charge < -0.3 is 5.11 Å². The summed E-state index contributed by atoms with van der Waals surface area (Å²) < 4.78 is 1.10. The Labute approximate surface area is 103 Å². The van der Waals surface area contributed by atoms with Crippen LogP contribution >= 0.6 is 27.3 Å². The first-order valence-electron chi connectivity index (χ1n) is 5.62. The van der Waals surface area contributed by atoms with Gasteiger partial charge in [-0.1, -0.05) is 6.42 Å². The zero-order valence-electron chi connectivity index (χ0n) is 8.74. The SMILES string of the molecule is Cc1cc(Br)c(C(O)C2C3CCCC32)s1. The highest BCUT2D eigenvalue weighted by Crippen LogP contribution is 2.63. The van der Waals surface area contributed by atoms with Crippen molar-refractivity contribution in [2.24, 2.45) is 17.8 Å². The van der Waals surface area contributed by atoms with Crippen molar-refractivity contribution in [3.63, 3.8) is 0 Å². The Balaban J connectivity index is 1.80. The maximum atomic E-state index is 10.3. The Hall–Kier alpha value is 0.140. The standard InChI is InChI=1S/C12H15BrOS/c1-6-5-9(13)12(15-6)11(14)10-7-3-2-4-8(7)10/h5,7-8,10-11,14H,2-4H2,1H3. The molecular weight excluding hydrogens is 272 g/mol. The molecule has 2 aliphatic carbocycles. The van der Waals surface area contributed by atoms with E-state index in [-0.39, 0.29) is 6.10 Å². The summed E-state index contributed by atoms with van der Waals surface area (Å²) >= 11 is 5.28. The van der Waals surface area contributed by atoms with E-state index in [9.17, 15) is 5.11 Å². The number of hydrogen-bond donors (Lipinski definition) is 1. The molecule has 1 aromatic heterocycles. The summed E-state index contributed by atoms with van der Waals surface area (Å²) in [6.07, 6.45) is 3.85. The van der Waals surface area contributed by atoms with E-state index in [4.69, 9.17) is 0 Å². The lowest BCUT2D eigenvalue weighted by atomic mass is 10.1. The Morgan fingerprint density at radius 2 is 2.13 bits per heavy atom. The number of rotatable bonds is 2.